The second-order valence-corrected chi connectivity index (χ2v) is 6.70. The number of carbonyl (C=O) groups is 2. The van der Waals surface area contributed by atoms with Gasteiger partial charge in [-0.25, -0.2) is 0 Å². The van der Waals surface area contributed by atoms with Gasteiger partial charge in [-0.1, -0.05) is 60.7 Å². The van der Waals surface area contributed by atoms with Crippen molar-refractivity contribution in [2.75, 3.05) is 0 Å². The minimum absolute atomic E-state index is 0.0280. The van der Waals surface area contributed by atoms with Crippen LogP contribution >= 0.6 is 0 Å². The molecule has 0 aliphatic heterocycles. The van der Waals surface area contributed by atoms with Crippen LogP contribution in [0.2, 0.25) is 0 Å². The molecule has 0 radical (unpaired) electrons. The fourth-order valence-electron chi connectivity index (χ4n) is 3.20. The summed E-state index contributed by atoms with van der Waals surface area (Å²) in [6.07, 6.45) is 1.50. The molecule has 0 unspecified atom stereocenters. The summed E-state index contributed by atoms with van der Waals surface area (Å²) in [5.74, 6) is -1.98. The van der Waals surface area contributed by atoms with Gasteiger partial charge in [-0.2, -0.15) is 0 Å². The Kier molecular flexibility index (Phi) is 5.40. The Morgan fingerprint density at radius 2 is 1.35 bits per heavy atom. The number of amides is 2. The fraction of sp³-hybridized carbons (Fsp3) is 0. The van der Waals surface area contributed by atoms with Gasteiger partial charge in [-0.3, -0.25) is 20.4 Å². The van der Waals surface area contributed by atoms with Crippen molar-refractivity contribution in [1.82, 2.24) is 10.9 Å². The number of hydrazine groups is 1. The monoisotopic (exact) mass is 414 g/mol. The summed E-state index contributed by atoms with van der Waals surface area (Å²) in [7, 11) is 0. The van der Waals surface area contributed by atoms with E-state index in [1.165, 1.54) is 18.4 Å². The minimum Gasteiger partial charge on any atom is -0.508 e. The molecule has 1 aromatic heterocycles. The van der Waals surface area contributed by atoms with Crippen molar-refractivity contribution in [2.24, 2.45) is 0 Å². The van der Waals surface area contributed by atoms with E-state index >= 15 is 0 Å². The Morgan fingerprint density at radius 1 is 0.742 bits per heavy atom. The predicted molar refractivity (Wildman–Crippen MR) is 114 cm³/mol. The molecule has 2 amide bonds. The molecule has 0 aliphatic rings. The van der Waals surface area contributed by atoms with Crippen LogP contribution in [0.15, 0.2) is 89.5 Å². The van der Waals surface area contributed by atoms with Crippen LogP contribution in [0.1, 0.15) is 20.9 Å². The zero-order chi connectivity index (χ0) is 21.8. The zero-order valence-corrected chi connectivity index (χ0v) is 16.2. The Hall–Kier alpha value is -4.52. The van der Waals surface area contributed by atoms with Gasteiger partial charge in [0.05, 0.1) is 11.8 Å². The van der Waals surface area contributed by atoms with Crippen LogP contribution in [0.5, 0.6) is 11.5 Å². The van der Waals surface area contributed by atoms with Crippen molar-refractivity contribution in [1.29, 1.82) is 0 Å². The Labute approximate surface area is 177 Å². The zero-order valence-electron chi connectivity index (χ0n) is 16.2. The van der Waals surface area contributed by atoms with E-state index in [0.717, 1.165) is 22.8 Å². The second-order valence-electron chi connectivity index (χ2n) is 6.70. The molecule has 31 heavy (non-hydrogen) atoms. The number of rotatable bonds is 4. The number of hydrogen-bond donors (Lipinski definition) is 4. The standard InChI is InChI=1S/C24H18N2O5/c27-17-11-12-18(20(28)13-17)23(29)25-26-24(30)22-21(16-9-5-2-6-10-16)19(14-31-22)15-7-3-1-4-8-15/h1-14,27-28H,(H,25,29)(H,26,30). The average molecular weight is 414 g/mol. The van der Waals surface area contributed by atoms with Crippen LogP contribution in [0.4, 0.5) is 0 Å². The van der Waals surface area contributed by atoms with Crippen LogP contribution in [-0.2, 0) is 0 Å². The van der Waals surface area contributed by atoms with E-state index in [1.54, 1.807) is 0 Å². The van der Waals surface area contributed by atoms with Crippen LogP contribution in [-0.4, -0.2) is 22.0 Å². The minimum atomic E-state index is -0.748. The van der Waals surface area contributed by atoms with E-state index in [1.807, 2.05) is 60.7 Å². The van der Waals surface area contributed by atoms with E-state index in [0.29, 0.717) is 5.56 Å². The van der Waals surface area contributed by atoms with Gasteiger partial charge < -0.3 is 14.6 Å². The van der Waals surface area contributed by atoms with E-state index in [2.05, 4.69) is 10.9 Å². The molecule has 1 heterocycles. The molecule has 154 valence electrons. The summed E-state index contributed by atoms with van der Waals surface area (Å²) in [5, 5.41) is 19.2. The molecule has 0 fully saturated rings. The van der Waals surface area contributed by atoms with Gasteiger partial charge in [0.2, 0.25) is 5.76 Å². The smallest absolute Gasteiger partial charge is 0.306 e. The van der Waals surface area contributed by atoms with E-state index in [4.69, 9.17) is 4.42 Å². The van der Waals surface area contributed by atoms with Gasteiger partial charge in [0.25, 0.3) is 5.91 Å². The third-order valence-electron chi connectivity index (χ3n) is 4.66. The summed E-state index contributed by atoms with van der Waals surface area (Å²) < 4.78 is 5.60. The molecule has 4 N–H and O–H groups in total. The number of benzene rings is 3. The molecule has 0 saturated carbocycles. The maximum Gasteiger partial charge on any atom is 0.306 e. The van der Waals surface area contributed by atoms with Crippen molar-refractivity contribution in [3.05, 3.63) is 96.4 Å². The number of nitrogens with one attached hydrogen (secondary N) is 2. The lowest BCUT2D eigenvalue weighted by atomic mass is 9.96. The first-order valence-electron chi connectivity index (χ1n) is 9.39. The maximum absolute atomic E-state index is 12.8. The number of phenolic OH excluding ortho intramolecular Hbond substituents is 2. The first-order valence-corrected chi connectivity index (χ1v) is 9.39. The third-order valence-corrected chi connectivity index (χ3v) is 4.66. The molecule has 7 nitrogen and oxygen atoms in total. The second kappa shape index (κ2) is 8.46. The normalized spacial score (nSPS) is 10.5. The van der Waals surface area contributed by atoms with Crippen LogP contribution in [0.3, 0.4) is 0 Å². The maximum atomic E-state index is 12.8. The van der Waals surface area contributed by atoms with Crippen molar-refractivity contribution < 1.29 is 24.2 Å². The number of phenols is 2. The van der Waals surface area contributed by atoms with Gasteiger partial charge in [0.15, 0.2) is 0 Å². The molecule has 4 rings (SSSR count). The van der Waals surface area contributed by atoms with Gasteiger partial charge in [0, 0.05) is 17.2 Å². The Balaban J connectivity index is 1.62. The molecule has 0 atom stereocenters. The summed E-state index contributed by atoms with van der Waals surface area (Å²) in [6.45, 7) is 0. The molecular formula is C24H18N2O5. The summed E-state index contributed by atoms with van der Waals surface area (Å²) in [5.41, 5.74) is 7.43. The van der Waals surface area contributed by atoms with Crippen LogP contribution in [0, 0.1) is 0 Å². The highest BCUT2D eigenvalue weighted by Crippen LogP contribution is 2.36. The fourth-order valence-corrected chi connectivity index (χ4v) is 3.20. The largest absolute Gasteiger partial charge is 0.508 e. The van der Waals surface area contributed by atoms with E-state index in [9.17, 15) is 19.8 Å². The molecule has 0 saturated heterocycles. The summed E-state index contributed by atoms with van der Waals surface area (Å²) in [6, 6.07) is 22.3. The number of carbonyl (C=O) groups excluding carboxylic acids is 2. The quantitative estimate of drug-likeness (QED) is 0.376. The van der Waals surface area contributed by atoms with Crippen LogP contribution < -0.4 is 10.9 Å². The highest BCUT2D eigenvalue weighted by molar-refractivity contribution is 6.04. The molecule has 3 aromatic carbocycles. The average Bonchev–Trinajstić information content (AvgIpc) is 3.24. The summed E-state index contributed by atoms with van der Waals surface area (Å²) in [4.78, 5) is 25.1. The third kappa shape index (κ3) is 4.11. The lowest BCUT2D eigenvalue weighted by Gasteiger charge is -2.10. The van der Waals surface area contributed by atoms with Gasteiger partial charge >= 0.3 is 5.91 Å². The lowest BCUT2D eigenvalue weighted by Crippen LogP contribution is -2.41. The number of furan rings is 1. The molecule has 0 spiro atoms. The van der Waals surface area contributed by atoms with Crippen molar-refractivity contribution in [3.63, 3.8) is 0 Å². The van der Waals surface area contributed by atoms with Gasteiger partial charge in [-0.05, 0) is 23.3 Å². The van der Waals surface area contributed by atoms with Crippen molar-refractivity contribution >= 4 is 11.8 Å². The first kappa shape index (κ1) is 19.8. The highest BCUT2D eigenvalue weighted by Gasteiger charge is 2.23. The molecule has 4 aromatic rings. The lowest BCUT2D eigenvalue weighted by molar-refractivity contribution is 0.0830. The predicted octanol–water partition coefficient (Wildman–Crippen LogP) is 4.10. The topological polar surface area (TPSA) is 112 Å². The first-order chi connectivity index (χ1) is 15.0. The Morgan fingerprint density at radius 3 is 2.00 bits per heavy atom. The number of hydrogen-bond acceptors (Lipinski definition) is 5. The van der Waals surface area contributed by atoms with Crippen molar-refractivity contribution in [2.45, 2.75) is 0 Å². The summed E-state index contributed by atoms with van der Waals surface area (Å²) >= 11 is 0. The molecule has 7 heteroatoms. The van der Waals surface area contributed by atoms with E-state index < -0.39 is 17.6 Å². The molecule has 0 bridgehead atoms. The number of aromatic hydroxyl groups is 2. The van der Waals surface area contributed by atoms with Crippen molar-refractivity contribution in [3.8, 4) is 33.8 Å². The van der Waals surface area contributed by atoms with Gasteiger partial charge in [-0.15, -0.1) is 0 Å². The van der Waals surface area contributed by atoms with E-state index in [-0.39, 0.29) is 17.1 Å². The molecule has 0 aliphatic carbocycles. The Bertz CT molecular complexity index is 1230. The van der Waals surface area contributed by atoms with Gasteiger partial charge in [0.1, 0.15) is 11.5 Å². The van der Waals surface area contributed by atoms with Crippen LogP contribution in [0.25, 0.3) is 22.3 Å². The molecular weight excluding hydrogens is 396 g/mol. The highest BCUT2D eigenvalue weighted by atomic mass is 16.3. The SMILES string of the molecule is O=C(NNC(=O)c1occ(-c2ccccc2)c1-c1ccccc1)c1ccc(O)cc1O.